The van der Waals surface area contributed by atoms with Gasteiger partial charge in [-0.05, 0) is 25.7 Å². The van der Waals surface area contributed by atoms with Crippen molar-refractivity contribution in [2.24, 2.45) is 0 Å². The zero-order chi connectivity index (χ0) is 11.4. The molecule has 90 valence electrons. The second-order valence-corrected chi connectivity index (χ2v) is 4.45. The van der Waals surface area contributed by atoms with E-state index in [4.69, 9.17) is 0 Å². The maximum Gasteiger partial charge on any atom is 0.237 e. The Labute approximate surface area is 95.6 Å². The number of likely N-dealkylation sites (tertiary alicyclic amines) is 1. The fraction of sp³-hybridized carbons (Fsp3) is 0.818. The maximum atomic E-state index is 11.7. The van der Waals surface area contributed by atoms with Crippen LogP contribution < -0.4 is 10.6 Å². The average Bonchev–Trinajstić information content (AvgIpc) is 2.81. The summed E-state index contributed by atoms with van der Waals surface area (Å²) in [6, 6.07) is -0.180. The van der Waals surface area contributed by atoms with E-state index in [0.717, 1.165) is 45.3 Å². The molecule has 2 aliphatic rings. The predicted molar refractivity (Wildman–Crippen MR) is 59.8 cm³/mol. The van der Waals surface area contributed by atoms with E-state index in [1.54, 1.807) is 0 Å². The van der Waals surface area contributed by atoms with E-state index in [-0.39, 0.29) is 24.4 Å². The minimum Gasteiger partial charge on any atom is -0.355 e. The summed E-state index contributed by atoms with van der Waals surface area (Å²) in [6.07, 6.45) is 4.03. The lowest BCUT2D eigenvalue weighted by molar-refractivity contribution is -0.130. The second kappa shape index (κ2) is 5.30. The zero-order valence-electron chi connectivity index (χ0n) is 9.50. The molecule has 2 N–H and O–H groups in total. The van der Waals surface area contributed by atoms with Gasteiger partial charge < -0.3 is 10.2 Å². The second-order valence-electron chi connectivity index (χ2n) is 4.45. The van der Waals surface area contributed by atoms with Crippen LogP contribution in [0.5, 0.6) is 0 Å². The number of amides is 2. The van der Waals surface area contributed by atoms with Gasteiger partial charge in [-0.2, -0.15) is 0 Å². The molecule has 0 aliphatic carbocycles. The Morgan fingerprint density at radius 3 is 2.81 bits per heavy atom. The van der Waals surface area contributed by atoms with E-state index in [1.165, 1.54) is 0 Å². The van der Waals surface area contributed by atoms with E-state index in [9.17, 15) is 9.59 Å². The van der Waals surface area contributed by atoms with Crippen LogP contribution in [0.2, 0.25) is 0 Å². The summed E-state index contributed by atoms with van der Waals surface area (Å²) in [4.78, 5) is 25.0. The van der Waals surface area contributed by atoms with Gasteiger partial charge in [-0.25, -0.2) is 0 Å². The lowest BCUT2D eigenvalue weighted by atomic mass is 10.1. The van der Waals surface area contributed by atoms with Crippen molar-refractivity contribution in [3.8, 4) is 0 Å². The number of rotatable bonds is 3. The molecule has 0 aromatic rings. The first-order valence-electron chi connectivity index (χ1n) is 6.06. The number of hydrogen-bond donors (Lipinski definition) is 2. The Morgan fingerprint density at radius 1 is 1.38 bits per heavy atom. The van der Waals surface area contributed by atoms with Gasteiger partial charge in [0.25, 0.3) is 0 Å². The molecule has 5 nitrogen and oxygen atoms in total. The third-order valence-corrected chi connectivity index (χ3v) is 3.24. The molecule has 0 aromatic carbocycles. The van der Waals surface area contributed by atoms with Gasteiger partial charge >= 0.3 is 0 Å². The summed E-state index contributed by atoms with van der Waals surface area (Å²) >= 11 is 0. The number of nitrogens with zero attached hydrogens (tertiary/aromatic N) is 1. The third-order valence-electron chi connectivity index (χ3n) is 3.24. The molecule has 2 saturated heterocycles. The molecule has 5 heteroatoms. The van der Waals surface area contributed by atoms with Crippen LogP contribution in [0.3, 0.4) is 0 Å². The van der Waals surface area contributed by atoms with Gasteiger partial charge in [0.05, 0.1) is 12.6 Å². The molecule has 16 heavy (non-hydrogen) atoms. The predicted octanol–water partition coefficient (Wildman–Crippen LogP) is -0.523. The Kier molecular flexibility index (Phi) is 3.77. The van der Waals surface area contributed by atoms with Crippen LogP contribution in [0.1, 0.15) is 25.7 Å². The average molecular weight is 225 g/mol. The molecular formula is C11H19N3O2. The minimum atomic E-state index is -0.180. The Bertz CT molecular complexity index is 274. The van der Waals surface area contributed by atoms with E-state index in [1.807, 2.05) is 4.90 Å². The van der Waals surface area contributed by atoms with Crippen LogP contribution in [0.4, 0.5) is 0 Å². The van der Waals surface area contributed by atoms with Crippen molar-refractivity contribution in [1.29, 1.82) is 0 Å². The van der Waals surface area contributed by atoms with Crippen molar-refractivity contribution < 1.29 is 9.59 Å². The van der Waals surface area contributed by atoms with Crippen molar-refractivity contribution in [1.82, 2.24) is 15.5 Å². The highest BCUT2D eigenvalue weighted by molar-refractivity contribution is 5.84. The van der Waals surface area contributed by atoms with Gasteiger partial charge in [0, 0.05) is 19.6 Å². The fourth-order valence-electron chi connectivity index (χ4n) is 2.26. The normalized spacial score (nSPS) is 25.6. The van der Waals surface area contributed by atoms with Gasteiger partial charge in [-0.15, -0.1) is 0 Å². The summed E-state index contributed by atoms with van der Waals surface area (Å²) < 4.78 is 0. The Morgan fingerprint density at radius 2 is 2.12 bits per heavy atom. The molecule has 0 aromatic heterocycles. The summed E-state index contributed by atoms with van der Waals surface area (Å²) in [5.41, 5.74) is 0. The molecule has 2 heterocycles. The molecule has 2 amide bonds. The maximum absolute atomic E-state index is 11.7. The molecule has 0 bridgehead atoms. The van der Waals surface area contributed by atoms with Gasteiger partial charge in [-0.1, -0.05) is 0 Å². The number of carbonyl (C=O) groups excluding carboxylic acids is 2. The molecule has 0 radical (unpaired) electrons. The van der Waals surface area contributed by atoms with Crippen molar-refractivity contribution in [2.75, 3.05) is 26.2 Å². The molecule has 0 saturated carbocycles. The minimum absolute atomic E-state index is 0.0282. The summed E-state index contributed by atoms with van der Waals surface area (Å²) in [7, 11) is 0. The number of hydrogen-bond acceptors (Lipinski definition) is 3. The van der Waals surface area contributed by atoms with Crippen LogP contribution in [-0.2, 0) is 9.59 Å². The van der Waals surface area contributed by atoms with Gasteiger partial charge in [0.1, 0.15) is 0 Å². The Hall–Kier alpha value is -1.10. The molecular weight excluding hydrogens is 206 g/mol. The highest BCUT2D eigenvalue weighted by atomic mass is 16.2. The van der Waals surface area contributed by atoms with Gasteiger partial charge in [-0.3, -0.25) is 14.9 Å². The first kappa shape index (κ1) is 11.4. The molecule has 2 fully saturated rings. The van der Waals surface area contributed by atoms with E-state index >= 15 is 0 Å². The molecule has 2 aliphatic heterocycles. The molecule has 1 atom stereocenters. The Balaban J connectivity index is 1.73. The topological polar surface area (TPSA) is 61.4 Å². The quantitative estimate of drug-likeness (QED) is 0.679. The molecule has 0 spiro atoms. The van der Waals surface area contributed by atoms with Crippen molar-refractivity contribution >= 4 is 11.8 Å². The smallest absolute Gasteiger partial charge is 0.237 e. The van der Waals surface area contributed by atoms with E-state index in [2.05, 4.69) is 10.6 Å². The number of carbonyl (C=O) groups is 2. The van der Waals surface area contributed by atoms with Gasteiger partial charge in [0.2, 0.25) is 11.8 Å². The number of piperidine rings is 1. The lowest BCUT2D eigenvalue weighted by Crippen LogP contribution is -2.50. The summed E-state index contributed by atoms with van der Waals surface area (Å²) in [5.74, 6) is 0.149. The standard InChI is InChI=1S/C11H19N3O2/c15-10(14-6-1-2-7-14)8-13-9-4-3-5-12-11(9)16/h9,13H,1-8H2,(H,12,16). The first-order chi connectivity index (χ1) is 7.77. The third kappa shape index (κ3) is 2.72. The molecule has 1 unspecified atom stereocenters. The SMILES string of the molecule is O=C1NCCCC1NCC(=O)N1CCCC1. The molecule has 2 rings (SSSR count). The van der Waals surface area contributed by atoms with E-state index in [0.29, 0.717) is 0 Å². The fourth-order valence-corrected chi connectivity index (χ4v) is 2.26. The first-order valence-corrected chi connectivity index (χ1v) is 6.06. The van der Waals surface area contributed by atoms with Crippen LogP contribution >= 0.6 is 0 Å². The van der Waals surface area contributed by atoms with Crippen molar-refractivity contribution in [3.05, 3.63) is 0 Å². The highest BCUT2D eigenvalue weighted by Crippen LogP contribution is 2.07. The van der Waals surface area contributed by atoms with Crippen LogP contribution in [0, 0.1) is 0 Å². The lowest BCUT2D eigenvalue weighted by Gasteiger charge is -2.24. The highest BCUT2D eigenvalue weighted by Gasteiger charge is 2.23. The zero-order valence-corrected chi connectivity index (χ0v) is 9.50. The largest absolute Gasteiger partial charge is 0.355 e. The van der Waals surface area contributed by atoms with Crippen LogP contribution in [0.15, 0.2) is 0 Å². The summed E-state index contributed by atoms with van der Waals surface area (Å²) in [5, 5.41) is 5.84. The van der Waals surface area contributed by atoms with Crippen LogP contribution in [0.25, 0.3) is 0 Å². The summed E-state index contributed by atoms with van der Waals surface area (Å²) in [6.45, 7) is 2.80. The van der Waals surface area contributed by atoms with Crippen LogP contribution in [-0.4, -0.2) is 48.9 Å². The van der Waals surface area contributed by atoms with Crippen molar-refractivity contribution in [2.45, 2.75) is 31.7 Å². The van der Waals surface area contributed by atoms with Crippen molar-refractivity contribution in [3.63, 3.8) is 0 Å². The number of nitrogens with one attached hydrogen (secondary N) is 2. The van der Waals surface area contributed by atoms with Gasteiger partial charge in [0.15, 0.2) is 0 Å². The monoisotopic (exact) mass is 225 g/mol. The van der Waals surface area contributed by atoms with E-state index < -0.39 is 0 Å².